The summed E-state index contributed by atoms with van der Waals surface area (Å²) in [6.45, 7) is -0.241. The molecule has 0 heterocycles. The maximum Gasteiger partial charge on any atom is 0.145 e. The molecule has 100 valence electrons. The highest BCUT2D eigenvalue weighted by Gasteiger charge is 2.09. The number of ether oxygens (including phenoxy) is 1. The Hall–Kier alpha value is -1.69. The molecule has 0 unspecified atom stereocenters. The van der Waals surface area contributed by atoms with Crippen molar-refractivity contribution in [2.24, 2.45) is 0 Å². The van der Waals surface area contributed by atoms with E-state index in [1.54, 1.807) is 0 Å². The molecular formula is C13H9BrF3NO. The summed E-state index contributed by atoms with van der Waals surface area (Å²) in [6, 6.07) is 5.44. The van der Waals surface area contributed by atoms with E-state index in [0.717, 1.165) is 24.3 Å². The molecule has 6 heteroatoms. The van der Waals surface area contributed by atoms with Crippen LogP contribution in [0.15, 0.2) is 34.8 Å². The van der Waals surface area contributed by atoms with E-state index in [-0.39, 0.29) is 28.1 Å². The van der Waals surface area contributed by atoms with Crippen LogP contribution in [0.1, 0.15) is 5.56 Å². The molecule has 2 aromatic carbocycles. The van der Waals surface area contributed by atoms with Crippen LogP contribution in [-0.4, -0.2) is 0 Å². The molecule has 0 saturated heterocycles. The van der Waals surface area contributed by atoms with Crippen molar-refractivity contribution >= 4 is 21.6 Å². The van der Waals surface area contributed by atoms with Crippen LogP contribution >= 0.6 is 15.9 Å². The molecule has 0 saturated carbocycles. The minimum atomic E-state index is -0.599. The number of hydrogen-bond donors (Lipinski definition) is 1. The highest BCUT2D eigenvalue weighted by Crippen LogP contribution is 2.29. The number of benzene rings is 2. The Morgan fingerprint density at radius 2 is 1.79 bits per heavy atom. The summed E-state index contributed by atoms with van der Waals surface area (Å²) in [5.74, 6) is -1.65. The zero-order valence-electron chi connectivity index (χ0n) is 9.59. The molecule has 0 amide bonds. The monoisotopic (exact) mass is 331 g/mol. The summed E-state index contributed by atoms with van der Waals surface area (Å²) >= 11 is 2.98. The average Bonchev–Trinajstić information content (AvgIpc) is 2.36. The van der Waals surface area contributed by atoms with Gasteiger partial charge in [-0.25, -0.2) is 13.2 Å². The number of halogens is 4. The molecule has 0 spiro atoms. The van der Waals surface area contributed by atoms with Gasteiger partial charge in [0.1, 0.15) is 29.8 Å². The topological polar surface area (TPSA) is 35.2 Å². The normalized spacial score (nSPS) is 10.5. The fraction of sp³-hybridized carbons (Fsp3) is 0.0769. The summed E-state index contributed by atoms with van der Waals surface area (Å²) < 4.78 is 45.0. The van der Waals surface area contributed by atoms with E-state index in [1.807, 2.05) is 0 Å². The minimum Gasteiger partial charge on any atom is -0.487 e. The molecule has 2 aromatic rings. The maximum atomic E-state index is 13.4. The Kier molecular flexibility index (Phi) is 3.99. The van der Waals surface area contributed by atoms with Gasteiger partial charge in [0.05, 0.1) is 10.2 Å². The third-order valence-corrected chi connectivity index (χ3v) is 3.05. The van der Waals surface area contributed by atoms with Crippen molar-refractivity contribution in [1.29, 1.82) is 0 Å². The van der Waals surface area contributed by atoms with Gasteiger partial charge in [0, 0.05) is 11.6 Å². The van der Waals surface area contributed by atoms with Gasteiger partial charge in [-0.1, -0.05) is 0 Å². The molecule has 0 aromatic heterocycles. The molecule has 0 aliphatic carbocycles. The first-order valence-corrected chi connectivity index (χ1v) is 6.08. The molecule has 19 heavy (non-hydrogen) atoms. The molecular weight excluding hydrogens is 323 g/mol. The molecule has 0 fully saturated rings. The van der Waals surface area contributed by atoms with Gasteiger partial charge in [0.15, 0.2) is 0 Å². The first-order valence-electron chi connectivity index (χ1n) is 5.28. The van der Waals surface area contributed by atoms with E-state index < -0.39 is 17.5 Å². The third-order valence-electron chi connectivity index (χ3n) is 2.44. The molecule has 0 bridgehead atoms. The van der Waals surface area contributed by atoms with Gasteiger partial charge in [0.2, 0.25) is 0 Å². The standard InChI is InChI=1S/C13H9BrF3NO/c14-9-4-12(18)13(5-11(9)17)19-6-7-3-8(15)1-2-10(7)16/h1-5H,6,18H2. The van der Waals surface area contributed by atoms with E-state index in [2.05, 4.69) is 15.9 Å². The summed E-state index contributed by atoms with van der Waals surface area (Å²) in [7, 11) is 0. The average molecular weight is 332 g/mol. The number of nitrogen functional groups attached to an aromatic ring is 1. The van der Waals surface area contributed by atoms with Crippen molar-refractivity contribution in [3.05, 3.63) is 57.8 Å². The van der Waals surface area contributed by atoms with Crippen molar-refractivity contribution in [2.75, 3.05) is 5.73 Å². The maximum absolute atomic E-state index is 13.4. The third kappa shape index (κ3) is 3.20. The second-order valence-corrected chi connectivity index (χ2v) is 4.68. The van der Waals surface area contributed by atoms with E-state index in [1.165, 1.54) is 6.07 Å². The van der Waals surface area contributed by atoms with Crippen LogP contribution in [0.25, 0.3) is 0 Å². The Bertz CT molecular complexity index is 619. The lowest BCUT2D eigenvalue weighted by Gasteiger charge is -2.10. The summed E-state index contributed by atoms with van der Waals surface area (Å²) in [5, 5.41) is 0. The van der Waals surface area contributed by atoms with Gasteiger partial charge < -0.3 is 10.5 Å². The molecule has 0 aliphatic rings. The summed E-state index contributed by atoms with van der Waals surface area (Å²) in [5.41, 5.74) is 5.86. The second kappa shape index (κ2) is 5.52. The van der Waals surface area contributed by atoms with E-state index >= 15 is 0 Å². The SMILES string of the molecule is Nc1cc(Br)c(F)cc1OCc1cc(F)ccc1F. The van der Waals surface area contributed by atoms with Crippen LogP contribution in [-0.2, 0) is 6.61 Å². The van der Waals surface area contributed by atoms with E-state index in [9.17, 15) is 13.2 Å². The van der Waals surface area contributed by atoms with Crippen LogP contribution < -0.4 is 10.5 Å². The molecule has 0 aliphatic heterocycles. The molecule has 2 N–H and O–H groups in total. The van der Waals surface area contributed by atoms with Crippen LogP contribution in [0.3, 0.4) is 0 Å². The molecule has 0 atom stereocenters. The lowest BCUT2D eigenvalue weighted by Crippen LogP contribution is -2.02. The predicted molar refractivity (Wildman–Crippen MR) is 69.2 cm³/mol. The Balaban J connectivity index is 2.19. The fourth-order valence-corrected chi connectivity index (χ4v) is 1.84. The summed E-state index contributed by atoms with van der Waals surface area (Å²) in [6.07, 6.45) is 0. The second-order valence-electron chi connectivity index (χ2n) is 3.83. The van der Waals surface area contributed by atoms with E-state index in [0.29, 0.717) is 0 Å². The number of nitrogens with two attached hydrogens (primary N) is 1. The van der Waals surface area contributed by atoms with Crippen molar-refractivity contribution in [3.63, 3.8) is 0 Å². The largest absolute Gasteiger partial charge is 0.487 e. The number of hydrogen-bond acceptors (Lipinski definition) is 2. The van der Waals surface area contributed by atoms with Gasteiger partial charge >= 0.3 is 0 Å². The highest BCUT2D eigenvalue weighted by atomic mass is 79.9. The van der Waals surface area contributed by atoms with Crippen molar-refractivity contribution in [1.82, 2.24) is 0 Å². The summed E-state index contributed by atoms with van der Waals surface area (Å²) in [4.78, 5) is 0. The zero-order chi connectivity index (χ0) is 14.0. The molecule has 2 nitrogen and oxygen atoms in total. The van der Waals surface area contributed by atoms with Crippen LogP contribution in [0.4, 0.5) is 18.9 Å². The lowest BCUT2D eigenvalue weighted by molar-refractivity contribution is 0.299. The Morgan fingerprint density at radius 3 is 2.53 bits per heavy atom. The Labute approximate surface area is 116 Å². The molecule has 2 rings (SSSR count). The van der Waals surface area contributed by atoms with E-state index in [4.69, 9.17) is 10.5 Å². The van der Waals surface area contributed by atoms with Gasteiger partial charge in [0.25, 0.3) is 0 Å². The lowest BCUT2D eigenvalue weighted by atomic mass is 10.2. The van der Waals surface area contributed by atoms with Gasteiger partial charge in [-0.2, -0.15) is 0 Å². The van der Waals surface area contributed by atoms with Crippen LogP contribution in [0, 0.1) is 17.5 Å². The Morgan fingerprint density at radius 1 is 1.05 bits per heavy atom. The minimum absolute atomic E-state index is 0.0303. The van der Waals surface area contributed by atoms with Crippen molar-refractivity contribution in [3.8, 4) is 5.75 Å². The quantitative estimate of drug-likeness (QED) is 0.862. The number of anilines is 1. The fourth-order valence-electron chi connectivity index (χ4n) is 1.48. The van der Waals surface area contributed by atoms with Crippen LogP contribution in [0.5, 0.6) is 5.75 Å². The van der Waals surface area contributed by atoms with Crippen molar-refractivity contribution < 1.29 is 17.9 Å². The predicted octanol–water partition coefficient (Wildman–Crippen LogP) is 4.03. The number of rotatable bonds is 3. The molecule has 0 radical (unpaired) electrons. The smallest absolute Gasteiger partial charge is 0.145 e. The highest BCUT2D eigenvalue weighted by molar-refractivity contribution is 9.10. The van der Waals surface area contributed by atoms with Gasteiger partial charge in [-0.3, -0.25) is 0 Å². The zero-order valence-corrected chi connectivity index (χ0v) is 11.2. The van der Waals surface area contributed by atoms with Crippen LogP contribution in [0.2, 0.25) is 0 Å². The first-order chi connectivity index (χ1) is 8.97. The first kappa shape index (κ1) is 13.7. The van der Waals surface area contributed by atoms with Gasteiger partial charge in [-0.05, 0) is 40.2 Å². The van der Waals surface area contributed by atoms with Gasteiger partial charge in [-0.15, -0.1) is 0 Å². The van der Waals surface area contributed by atoms with Crippen molar-refractivity contribution in [2.45, 2.75) is 6.61 Å².